The van der Waals surface area contributed by atoms with E-state index in [0.717, 1.165) is 19.3 Å². The van der Waals surface area contributed by atoms with Crippen LogP contribution in [0.15, 0.2) is 24.3 Å². The highest BCUT2D eigenvalue weighted by molar-refractivity contribution is 6.05. The zero-order chi connectivity index (χ0) is 12.5. The maximum absolute atomic E-state index is 11.5. The molecule has 0 bridgehead atoms. The lowest BCUT2D eigenvalue weighted by molar-refractivity contribution is -0.125. The van der Waals surface area contributed by atoms with Gasteiger partial charge >= 0.3 is 0 Å². The molecule has 1 aromatic rings. The van der Waals surface area contributed by atoms with Gasteiger partial charge in [-0.05, 0) is 30.4 Å². The molecule has 2 aliphatic rings. The molecule has 1 aliphatic heterocycles. The summed E-state index contributed by atoms with van der Waals surface area (Å²) in [5.74, 6) is -0.354. The second-order valence-corrected chi connectivity index (χ2v) is 5.04. The summed E-state index contributed by atoms with van der Waals surface area (Å²) < 4.78 is 0. The summed E-state index contributed by atoms with van der Waals surface area (Å²) in [6.07, 6.45) is 3.27. The van der Waals surface area contributed by atoms with Crippen molar-refractivity contribution in [3.8, 4) is 0 Å². The molecule has 1 saturated heterocycles. The van der Waals surface area contributed by atoms with Crippen LogP contribution in [0.5, 0.6) is 0 Å². The fourth-order valence-corrected chi connectivity index (χ4v) is 2.81. The van der Waals surface area contributed by atoms with Crippen LogP contribution in [0.2, 0.25) is 0 Å². The standard InChI is InChI=1S/C14H16N2O2/c17-13-8-12(14(18)16-13)15-11-6-5-9-3-1-2-4-10(9)7-11/h1-4,11-12,15H,5-8H2,(H,16,17,18). The van der Waals surface area contributed by atoms with E-state index in [1.807, 2.05) is 6.07 Å². The van der Waals surface area contributed by atoms with Crippen LogP contribution in [0.1, 0.15) is 24.0 Å². The molecule has 2 atom stereocenters. The molecule has 0 saturated carbocycles. The SMILES string of the molecule is O=C1CC(NC2CCc3ccccc3C2)C(=O)N1. The van der Waals surface area contributed by atoms with Gasteiger partial charge in [0.05, 0.1) is 12.5 Å². The van der Waals surface area contributed by atoms with Crippen LogP contribution in [-0.2, 0) is 22.4 Å². The molecular weight excluding hydrogens is 228 g/mol. The predicted molar refractivity (Wildman–Crippen MR) is 66.9 cm³/mol. The molecule has 0 spiro atoms. The number of hydrogen-bond donors (Lipinski definition) is 2. The average Bonchev–Trinajstić information content (AvgIpc) is 2.68. The summed E-state index contributed by atoms with van der Waals surface area (Å²) >= 11 is 0. The normalized spacial score (nSPS) is 26.9. The van der Waals surface area contributed by atoms with Crippen molar-refractivity contribution in [2.75, 3.05) is 0 Å². The molecule has 1 aliphatic carbocycles. The molecule has 2 unspecified atom stereocenters. The Balaban J connectivity index is 1.66. The zero-order valence-corrected chi connectivity index (χ0v) is 10.1. The van der Waals surface area contributed by atoms with Gasteiger partial charge in [0.25, 0.3) is 0 Å². The first-order valence-electron chi connectivity index (χ1n) is 6.39. The topological polar surface area (TPSA) is 58.2 Å². The lowest BCUT2D eigenvalue weighted by atomic mass is 9.88. The van der Waals surface area contributed by atoms with E-state index >= 15 is 0 Å². The maximum Gasteiger partial charge on any atom is 0.244 e. The van der Waals surface area contributed by atoms with Gasteiger partial charge in [-0.3, -0.25) is 14.9 Å². The van der Waals surface area contributed by atoms with Gasteiger partial charge in [-0.15, -0.1) is 0 Å². The number of carbonyl (C=O) groups is 2. The zero-order valence-electron chi connectivity index (χ0n) is 10.1. The largest absolute Gasteiger partial charge is 0.302 e. The van der Waals surface area contributed by atoms with Crippen LogP contribution in [0, 0.1) is 0 Å². The molecule has 4 heteroatoms. The lowest BCUT2D eigenvalue weighted by Gasteiger charge is -2.27. The Morgan fingerprint density at radius 2 is 1.89 bits per heavy atom. The summed E-state index contributed by atoms with van der Waals surface area (Å²) in [5, 5.41) is 5.64. The van der Waals surface area contributed by atoms with Gasteiger partial charge in [0.15, 0.2) is 0 Å². The molecule has 94 valence electrons. The number of hydrogen-bond acceptors (Lipinski definition) is 3. The highest BCUT2D eigenvalue weighted by atomic mass is 16.2. The van der Waals surface area contributed by atoms with E-state index < -0.39 is 0 Å². The minimum Gasteiger partial charge on any atom is -0.302 e. The number of aryl methyl sites for hydroxylation is 1. The molecule has 1 heterocycles. The monoisotopic (exact) mass is 244 g/mol. The number of rotatable bonds is 2. The van der Waals surface area contributed by atoms with Gasteiger partial charge in [0.2, 0.25) is 11.8 Å². The first-order valence-corrected chi connectivity index (χ1v) is 6.39. The van der Waals surface area contributed by atoms with Crippen molar-refractivity contribution in [2.24, 2.45) is 0 Å². The second kappa shape index (κ2) is 4.53. The quantitative estimate of drug-likeness (QED) is 0.747. The van der Waals surface area contributed by atoms with Crippen LogP contribution in [0.25, 0.3) is 0 Å². The van der Waals surface area contributed by atoms with Crippen molar-refractivity contribution in [1.29, 1.82) is 0 Å². The third-order valence-corrected chi connectivity index (χ3v) is 3.75. The van der Waals surface area contributed by atoms with Gasteiger partial charge in [-0.1, -0.05) is 24.3 Å². The van der Waals surface area contributed by atoms with Crippen molar-refractivity contribution in [1.82, 2.24) is 10.6 Å². The van der Waals surface area contributed by atoms with Crippen LogP contribution in [-0.4, -0.2) is 23.9 Å². The van der Waals surface area contributed by atoms with Crippen molar-refractivity contribution in [2.45, 2.75) is 37.8 Å². The molecule has 2 N–H and O–H groups in total. The summed E-state index contributed by atoms with van der Waals surface area (Å²) in [7, 11) is 0. The smallest absolute Gasteiger partial charge is 0.244 e. The lowest BCUT2D eigenvalue weighted by Crippen LogP contribution is -2.45. The third kappa shape index (κ3) is 2.16. The first-order chi connectivity index (χ1) is 8.72. The number of nitrogens with one attached hydrogen (secondary N) is 2. The predicted octanol–water partition coefficient (Wildman–Crippen LogP) is 0.549. The summed E-state index contributed by atoms with van der Waals surface area (Å²) in [6, 6.07) is 8.37. The van der Waals surface area contributed by atoms with Crippen LogP contribution < -0.4 is 10.6 Å². The molecule has 1 fully saturated rings. The van der Waals surface area contributed by atoms with E-state index in [9.17, 15) is 9.59 Å². The fraction of sp³-hybridized carbons (Fsp3) is 0.429. The van der Waals surface area contributed by atoms with E-state index in [1.165, 1.54) is 11.1 Å². The van der Waals surface area contributed by atoms with Crippen LogP contribution in [0.4, 0.5) is 0 Å². The highest BCUT2D eigenvalue weighted by Gasteiger charge is 2.32. The van der Waals surface area contributed by atoms with E-state index in [2.05, 4.69) is 28.8 Å². The molecule has 3 rings (SSSR count). The van der Waals surface area contributed by atoms with Crippen LogP contribution >= 0.6 is 0 Å². The Hall–Kier alpha value is -1.68. The second-order valence-electron chi connectivity index (χ2n) is 5.04. The minimum absolute atomic E-state index is 0.172. The van der Waals surface area contributed by atoms with E-state index in [4.69, 9.17) is 0 Å². The minimum atomic E-state index is -0.340. The molecule has 4 nitrogen and oxygen atoms in total. The number of fused-ring (bicyclic) bond motifs is 1. The summed E-state index contributed by atoms with van der Waals surface area (Å²) in [6.45, 7) is 0. The number of carbonyl (C=O) groups excluding carboxylic acids is 2. The van der Waals surface area contributed by atoms with Crippen molar-refractivity contribution < 1.29 is 9.59 Å². The molecule has 1 aromatic carbocycles. The van der Waals surface area contributed by atoms with Gasteiger partial charge in [0.1, 0.15) is 0 Å². The van der Waals surface area contributed by atoms with Gasteiger partial charge in [-0.25, -0.2) is 0 Å². The van der Waals surface area contributed by atoms with Gasteiger partial charge in [0, 0.05) is 6.04 Å². The fourth-order valence-electron chi connectivity index (χ4n) is 2.81. The van der Waals surface area contributed by atoms with Gasteiger partial charge < -0.3 is 5.32 Å². The Kier molecular flexibility index (Phi) is 2.88. The Bertz CT molecular complexity index is 498. The van der Waals surface area contributed by atoms with E-state index in [1.54, 1.807) is 0 Å². The maximum atomic E-state index is 11.5. The highest BCUT2D eigenvalue weighted by Crippen LogP contribution is 2.21. The van der Waals surface area contributed by atoms with Gasteiger partial charge in [-0.2, -0.15) is 0 Å². The summed E-state index contributed by atoms with van der Waals surface area (Å²) in [4.78, 5) is 22.6. The Morgan fingerprint density at radius 3 is 2.61 bits per heavy atom. The molecule has 0 radical (unpaired) electrons. The van der Waals surface area contributed by atoms with E-state index in [-0.39, 0.29) is 24.3 Å². The molecule has 18 heavy (non-hydrogen) atoms. The molecule has 2 amide bonds. The van der Waals surface area contributed by atoms with Crippen molar-refractivity contribution in [3.63, 3.8) is 0 Å². The Morgan fingerprint density at radius 1 is 1.11 bits per heavy atom. The van der Waals surface area contributed by atoms with Crippen molar-refractivity contribution >= 4 is 11.8 Å². The number of benzene rings is 1. The van der Waals surface area contributed by atoms with Crippen LogP contribution in [0.3, 0.4) is 0 Å². The average molecular weight is 244 g/mol. The van der Waals surface area contributed by atoms with E-state index in [0.29, 0.717) is 6.04 Å². The number of amides is 2. The third-order valence-electron chi connectivity index (χ3n) is 3.75. The summed E-state index contributed by atoms with van der Waals surface area (Å²) in [5.41, 5.74) is 2.76. The molecular formula is C14H16N2O2. The first kappa shape index (κ1) is 11.4. The van der Waals surface area contributed by atoms with Crippen molar-refractivity contribution in [3.05, 3.63) is 35.4 Å². The Labute approximate surface area is 106 Å². The number of imide groups is 1. The molecule has 0 aromatic heterocycles.